The molecule has 2 aromatic rings. The molecule has 6 nitrogen and oxygen atoms in total. The highest BCUT2D eigenvalue weighted by molar-refractivity contribution is 14.0. The van der Waals surface area contributed by atoms with E-state index in [1.165, 1.54) is 18.4 Å². The van der Waals surface area contributed by atoms with Gasteiger partial charge < -0.3 is 20.1 Å². The van der Waals surface area contributed by atoms with Crippen LogP contribution in [0.3, 0.4) is 0 Å². The number of hydrogen-bond donors (Lipinski definition) is 2. The molecule has 1 fully saturated rings. The van der Waals surface area contributed by atoms with Gasteiger partial charge in [-0.2, -0.15) is 0 Å². The van der Waals surface area contributed by atoms with Crippen LogP contribution >= 0.6 is 24.0 Å². The third-order valence-corrected chi connectivity index (χ3v) is 5.77. The van der Waals surface area contributed by atoms with Crippen LogP contribution in [0.2, 0.25) is 0 Å². The third-order valence-electron chi connectivity index (χ3n) is 5.77. The second-order valence-corrected chi connectivity index (χ2v) is 7.96. The predicted molar refractivity (Wildman–Crippen MR) is 142 cm³/mol. The number of ether oxygens (including phenoxy) is 2. The lowest BCUT2D eigenvalue weighted by molar-refractivity contribution is 0.178. The van der Waals surface area contributed by atoms with Crippen molar-refractivity contribution in [2.75, 3.05) is 40.4 Å². The second-order valence-electron chi connectivity index (χ2n) is 7.96. The molecule has 2 aromatic carbocycles. The van der Waals surface area contributed by atoms with Gasteiger partial charge in [-0.25, -0.2) is 4.99 Å². The van der Waals surface area contributed by atoms with Crippen molar-refractivity contribution in [3.05, 3.63) is 59.7 Å². The van der Waals surface area contributed by atoms with E-state index in [0.29, 0.717) is 12.5 Å². The van der Waals surface area contributed by atoms with Gasteiger partial charge in [0, 0.05) is 25.2 Å². The number of aliphatic imine (C=N–C) groups is 1. The van der Waals surface area contributed by atoms with E-state index in [-0.39, 0.29) is 24.0 Å². The molecule has 0 amide bonds. The number of rotatable bonds is 9. The summed E-state index contributed by atoms with van der Waals surface area (Å²) in [6.07, 6.45) is 2.41. The summed E-state index contributed by atoms with van der Waals surface area (Å²) in [6, 6.07) is 16.4. The molecule has 32 heavy (non-hydrogen) atoms. The summed E-state index contributed by atoms with van der Waals surface area (Å²) in [5, 5.41) is 6.90. The summed E-state index contributed by atoms with van der Waals surface area (Å²) < 4.78 is 10.7. The zero-order valence-corrected chi connectivity index (χ0v) is 21.8. The minimum absolute atomic E-state index is 0. The largest absolute Gasteiger partial charge is 0.497 e. The van der Waals surface area contributed by atoms with Gasteiger partial charge in [0.2, 0.25) is 0 Å². The molecule has 0 bridgehead atoms. The molecule has 2 N–H and O–H groups in total. The highest BCUT2D eigenvalue weighted by Gasteiger charge is 2.19. The molecule has 0 saturated carbocycles. The van der Waals surface area contributed by atoms with Crippen LogP contribution in [0.15, 0.2) is 53.5 Å². The maximum absolute atomic E-state index is 5.44. The maximum Gasteiger partial charge on any atom is 0.191 e. The van der Waals surface area contributed by atoms with Gasteiger partial charge in [0.15, 0.2) is 5.96 Å². The number of piperidine rings is 1. The molecule has 176 valence electrons. The van der Waals surface area contributed by atoms with E-state index >= 15 is 0 Å². The van der Waals surface area contributed by atoms with Crippen LogP contribution in [-0.2, 0) is 13.1 Å². The van der Waals surface area contributed by atoms with Gasteiger partial charge in [-0.15, -0.1) is 24.0 Å². The van der Waals surface area contributed by atoms with Crippen molar-refractivity contribution < 1.29 is 9.47 Å². The standard InChI is InChI=1S/C25H36N4O2.HI/c1-4-26-25(28-18-22-7-5-6-8-24(22)31-3)27-17-20-13-15-29(16-14-20)19-21-9-11-23(30-2)12-10-21;/h5-12,20H,4,13-19H2,1-3H3,(H2,26,27,28);1H. The molecule has 1 saturated heterocycles. The Kier molecular flexibility index (Phi) is 11.7. The lowest BCUT2D eigenvalue weighted by atomic mass is 9.96. The number of para-hydroxylation sites is 1. The first-order valence-corrected chi connectivity index (χ1v) is 11.2. The molecule has 0 aromatic heterocycles. The molecule has 1 aliphatic rings. The van der Waals surface area contributed by atoms with E-state index in [4.69, 9.17) is 14.5 Å². The Labute approximate surface area is 209 Å². The van der Waals surface area contributed by atoms with Gasteiger partial charge in [0.05, 0.1) is 20.8 Å². The Hall–Kier alpha value is -2.00. The zero-order chi connectivity index (χ0) is 21.9. The van der Waals surface area contributed by atoms with Gasteiger partial charge in [0.25, 0.3) is 0 Å². The number of guanidine groups is 1. The summed E-state index contributed by atoms with van der Waals surface area (Å²) in [5.74, 6) is 3.33. The van der Waals surface area contributed by atoms with Gasteiger partial charge in [-0.1, -0.05) is 30.3 Å². The topological polar surface area (TPSA) is 58.1 Å². The van der Waals surface area contributed by atoms with Crippen molar-refractivity contribution in [2.24, 2.45) is 10.9 Å². The van der Waals surface area contributed by atoms with Crippen LogP contribution in [0.1, 0.15) is 30.9 Å². The number of likely N-dealkylation sites (tertiary alicyclic amines) is 1. The number of nitrogens with one attached hydrogen (secondary N) is 2. The Balaban J connectivity index is 0.00000363. The monoisotopic (exact) mass is 552 g/mol. The van der Waals surface area contributed by atoms with Gasteiger partial charge in [-0.05, 0) is 62.5 Å². The Morgan fingerprint density at radius 2 is 1.72 bits per heavy atom. The van der Waals surface area contributed by atoms with E-state index in [0.717, 1.165) is 55.7 Å². The minimum Gasteiger partial charge on any atom is -0.497 e. The highest BCUT2D eigenvalue weighted by Crippen LogP contribution is 2.20. The summed E-state index contributed by atoms with van der Waals surface area (Å²) in [7, 11) is 3.41. The summed E-state index contributed by atoms with van der Waals surface area (Å²) >= 11 is 0. The fourth-order valence-corrected chi connectivity index (χ4v) is 3.92. The number of nitrogens with zero attached hydrogens (tertiary/aromatic N) is 2. The zero-order valence-electron chi connectivity index (χ0n) is 19.5. The van der Waals surface area contributed by atoms with Gasteiger partial charge >= 0.3 is 0 Å². The van der Waals surface area contributed by atoms with Gasteiger partial charge in [0.1, 0.15) is 11.5 Å². The van der Waals surface area contributed by atoms with Crippen molar-refractivity contribution in [1.29, 1.82) is 0 Å². The summed E-state index contributed by atoms with van der Waals surface area (Å²) in [6.45, 7) is 7.76. The van der Waals surface area contributed by atoms with Crippen LogP contribution in [0.25, 0.3) is 0 Å². The number of benzene rings is 2. The second kappa shape index (κ2) is 14.2. The number of hydrogen-bond acceptors (Lipinski definition) is 4. The van der Waals surface area contributed by atoms with Gasteiger partial charge in [-0.3, -0.25) is 4.90 Å². The van der Waals surface area contributed by atoms with E-state index in [1.807, 2.05) is 30.3 Å². The molecule has 0 atom stereocenters. The van der Waals surface area contributed by atoms with Crippen LogP contribution in [0, 0.1) is 5.92 Å². The molecular formula is C25H37IN4O2. The Bertz CT molecular complexity index is 821. The molecule has 1 heterocycles. The molecule has 0 unspecified atom stereocenters. The quantitative estimate of drug-likeness (QED) is 0.276. The molecular weight excluding hydrogens is 515 g/mol. The number of methoxy groups -OCH3 is 2. The Morgan fingerprint density at radius 3 is 2.38 bits per heavy atom. The van der Waals surface area contributed by atoms with E-state index in [1.54, 1.807) is 14.2 Å². The van der Waals surface area contributed by atoms with Crippen molar-refractivity contribution in [3.8, 4) is 11.5 Å². The average Bonchev–Trinajstić information content (AvgIpc) is 2.82. The molecule has 1 aliphatic heterocycles. The van der Waals surface area contributed by atoms with E-state index in [2.05, 4.69) is 40.7 Å². The van der Waals surface area contributed by atoms with E-state index < -0.39 is 0 Å². The third kappa shape index (κ3) is 8.16. The fraction of sp³-hybridized carbons (Fsp3) is 0.480. The summed E-state index contributed by atoms with van der Waals surface area (Å²) in [4.78, 5) is 7.30. The molecule has 0 spiro atoms. The lowest BCUT2D eigenvalue weighted by Gasteiger charge is -2.32. The van der Waals surface area contributed by atoms with Crippen LogP contribution in [0.4, 0.5) is 0 Å². The maximum atomic E-state index is 5.44. The van der Waals surface area contributed by atoms with Crippen LogP contribution in [0.5, 0.6) is 11.5 Å². The van der Waals surface area contributed by atoms with E-state index in [9.17, 15) is 0 Å². The van der Waals surface area contributed by atoms with Crippen molar-refractivity contribution in [1.82, 2.24) is 15.5 Å². The van der Waals surface area contributed by atoms with Crippen LogP contribution < -0.4 is 20.1 Å². The van der Waals surface area contributed by atoms with Crippen molar-refractivity contribution >= 4 is 29.9 Å². The lowest BCUT2D eigenvalue weighted by Crippen LogP contribution is -2.42. The van der Waals surface area contributed by atoms with Crippen molar-refractivity contribution in [2.45, 2.75) is 32.9 Å². The average molecular weight is 553 g/mol. The highest BCUT2D eigenvalue weighted by atomic mass is 127. The smallest absolute Gasteiger partial charge is 0.191 e. The first-order chi connectivity index (χ1) is 15.2. The predicted octanol–water partition coefficient (Wildman–Crippen LogP) is 4.29. The van der Waals surface area contributed by atoms with Crippen LogP contribution in [-0.4, -0.2) is 51.3 Å². The first kappa shape index (κ1) is 26.3. The first-order valence-electron chi connectivity index (χ1n) is 11.2. The molecule has 3 rings (SSSR count). The summed E-state index contributed by atoms with van der Waals surface area (Å²) in [5.41, 5.74) is 2.43. The SMILES string of the molecule is CCNC(=NCc1ccccc1OC)NCC1CCN(Cc2ccc(OC)cc2)CC1.I. The molecule has 7 heteroatoms. The normalized spacial score (nSPS) is 15.0. The fourth-order valence-electron chi connectivity index (χ4n) is 3.92. The Morgan fingerprint density at radius 1 is 1.00 bits per heavy atom. The van der Waals surface area contributed by atoms with Crippen molar-refractivity contribution in [3.63, 3.8) is 0 Å². The molecule has 0 aliphatic carbocycles. The number of halogens is 1. The minimum atomic E-state index is 0. The molecule has 0 radical (unpaired) electrons.